The molecular weight excluding hydrogens is 176 g/mol. The minimum atomic E-state index is -0.703. The largest absolute Gasteiger partial charge is 0.508 e. The van der Waals surface area contributed by atoms with Crippen molar-refractivity contribution in [3.63, 3.8) is 0 Å². The smallest absolute Gasteiger partial charge is 0.461 e. The standard InChI is InChI=1S/C8H12O5/c1-5(2)7(9)11-3-6-4-12-8(10)13-6/h5-6H,3-4H2,1-2H3. The molecule has 5 nitrogen and oxygen atoms in total. The highest BCUT2D eigenvalue weighted by Gasteiger charge is 2.26. The summed E-state index contributed by atoms with van der Waals surface area (Å²) in [5.41, 5.74) is 0. The summed E-state index contributed by atoms with van der Waals surface area (Å²) < 4.78 is 14.0. The zero-order valence-electron chi connectivity index (χ0n) is 7.61. The Kier molecular flexibility index (Phi) is 3.11. The van der Waals surface area contributed by atoms with Crippen molar-refractivity contribution < 1.29 is 23.8 Å². The van der Waals surface area contributed by atoms with Gasteiger partial charge in [0.2, 0.25) is 0 Å². The van der Waals surface area contributed by atoms with Gasteiger partial charge in [0.1, 0.15) is 13.2 Å². The second kappa shape index (κ2) is 4.11. The highest BCUT2D eigenvalue weighted by atomic mass is 16.8. The molecule has 0 aromatic rings. The van der Waals surface area contributed by atoms with E-state index < -0.39 is 12.3 Å². The number of carbonyl (C=O) groups is 2. The molecule has 0 bridgehead atoms. The first kappa shape index (κ1) is 9.83. The average Bonchev–Trinajstić information content (AvgIpc) is 2.47. The Bertz CT molecular complexity index is 211. The van der Waals surface area contributed by atoms with Gasteiger partial charge in [0, 0.05) is 0 Å². The maximum atomic E-state index is 11.0. The van der Waals surface area contributed by atoms with Crippen molar-refractivity contribution >= 4 is 12.1 Å². The van der Waals surface area contributed by atoms with Crippen LogP contribution < -0.4 is 0 Å². The second-order valence-electron chi connectivity index (χ2n) is 3.09. The Morgan fingerprint density at radius 1 is 1.69 bits per heavy atom. The molecule has 1 unspecified atom stereocenters. The van der Waals surface area contributed by atoms with Gasteiger partial charge < -0.3 is 14.2 Å². The van der Waals surface area contributed by atoms with Gasteiger partial charge in [-0.05, 0) is 0 Å². The first-order valence-corrected chi connectivity index (χ1v) is 4.09. The molecule has 13 heavy (non-hydrogen) atoms. The highest BCUT2D eigenvalue weighted by Crippen LogP contribution is 2.07. The molecule has 5 heteroatoms. The van der Waals surface area contributed by atoms with Crippen molar-refractivity contribution in [1.29, 1.82) is 0 Å². The van der Waals surface area contributed by atoms with E-state index in [9.17, 15) is 9.59 Å². The third-order valence-corrected chi connectivity index (χ3v) is 1.53. The SMILES string of the molecule is CC(C)C(=O)OCC1COC(=O)O1. The molecule has 1 atom stereocenters. The van der Waals surface area contributed by atoms with Crippen molar-refractivity contribution in [1.82, 2.24) is 0 Å². The number of carbonyl (C=O) groups excluding carboxylic acids is 2. The Morgan fingerprint density at radius 3 is 2.85 bits per heavy atom. The maximum absolute atomic E-state index is 11.0. The van der Waals surface area contributed by atoms with Crippen LogP contribution in [0.5, 0.6) is 0 Å². The number of cyclic esters (lactones) is 2. The molecule has 1 fully saturated rings. The average molecular weight is 188 g/mol. The second-order valence-corrected chi connectivity index (χ2v) is 3.09. The van der Waals surface area contributed by atoms with Gasteiger partial charge in [-0.1, -0.05) is 13.8 Å². The normalized spacial score (nSPS) is 21.2. The van der Waals surface area contributed by atoms with E-state index in [2.05, 4.69) is 9.47 Å². The van der Waals surface area contributed by atoms with Crippen LogP contribution in [0, 0.1) is 5.92 Å². The van der Waals surface area contributed by atoms with Gasteiger partial charge in [-0.15, -0.1) is 0 Å². The monoisotopic (exact) mass is 188 g/mol. The van der Waals surface area contributed by atoms with E-state index in [-0.39, 0.29) is 25.1 Å². The van der Waals surface area contributed by atoms with Crippen LogP contribution in [0.15, 0.2) is 0 Å². The van der Waals surface area contributed by atoms with E-state index in [0.29, 0.717) is 0 Å². The Balaban J connectivity index is 2.19. The zero-order chi connectivity index (χ0) is 9.84. The fourth-order valence-corrected chi connectivity index (χ4v) is 0.789. The lowest BCUT2D eigenvalue weighted by atomic mass is 10.2. The molecule has 0 radical (unpaired) electrons. The van der Waals surface area contributed by atoms with Crippen molar-refractivity contribution in [2.45, 2.75) is 20.0 Å². The van der Waals surface area contributed by atoms with E-state index >= 15 is 0 Å². The number of hydrogen-bond acceptors (Lipinski definition) is 5. The van der Waals surface area contributed by atoms with Crippen LogP contribution in [-0.4, -0.2) is 31.4 Å². The molecule has 0 N–H and O–H groups in total. The summed E-state index contributed by atoms with van der Waals surface area (Å²) in [6, 6.07) is 0. The van der Waals surface area contributed by atoms with E-state index in [1.807, 2.05) is 0 Å². The molecule has 0 aromatic heterocycles. The van der Waals surface area contributed by atoms with Gasteiger partial charge in [0.25, 0.3) is 0 Å². The third-order valence-electron chi connectivity index (χ3n) is 1.53. The molecule has 0 aliphatic carbocycles. The summed E-state index contributed by atoms with van der Waals surface area (Å²) >= 11 is 0. The topological polar surface area (TPSA) is 61.8 Å². The van der Waals surface area contributed by atoms with Gasteiger partial charge in [-0.25, -0.2) is 4.79 Å². The van der Waals surface area contributed by atoms with Crippen molar-refractivity contribution in [3.05, 3.63) is 0 Å². The lowest BCUT2D eigenvalue weighted by molar-refractivity contribution is -0.149. The van der Waals surface area contributed by atoms with Crippen molar-refractivity contribution in [2.24, 2.45) is 5.92 Å². The van der Waals surface area contributed by atoms with Gasteiger partial charge in [0.15, 0.2) is 6.10 Å². The molecule has 0 amide bonds. The van der Waals surface area contributed by atoms with Crippen LogP contribution in [0.4, 0.5) is 4.79 Å². The summed E-state index contributed by atoms with van der Waals surface area (Å²) in [6.07, 6.45) is -1.15. The molecular formula is C8H12O5. The minimum absolute atomic E-state index is 0.0722. The van der Waals surface area contributed by atoms with Crippen molar-refractivity contribution in [2.75, 3.05) is 13.2 Å². The van der Waals surface area contributed by atoms with Crippen LogP contribution in [0.3, 0.4) is 0 Å². The zero-order valence-corrected chi connectivity index (χ0v) is 7.61. The van der Waals surface area contributed by atoms with Gasteiger partial charge in [-0.3, -0.25) is 4.79 Å². The highest BCUT2D eigenvalue weighted by molar-refractivity contribution is 5.71. The van der Waals surface area contributed by atoms with Gasteiger partial charge in [-0.2, -0.15) is 0 Å². The predicted octanol–water partition coefficient (Wildman–Crippen LogP) is 0.721. The van der Waals surface area contributed by atoms with Gasteiger partial charge in [0.05, 0.1) is 5.92 Å². The minimum Gasteiger partial charge on any atom is -0.461 e. The van der Waals surface area contributed by atoms with E-state index in [4.69, 9.17) is 4.74 Å². The summed E-state index contributed by atoms with van der Waals surface area (Å²) in [5, 5.41) is 0. The van der Waals surface area contributed by atoms with Crippen LogP contribution >= 0.6 is 0 Å². The molecule has 1 aliphatic rings. The molecule has 1 heterocycles. The van der Waals surface area contributed by atoms with Crippen LogP contribution in [-0.2, 0) is 19.0 Å². The fraction of sp³-hybridized carbons (Fsp3) is 0.750. The first-order chi connectivity index (χ1) is 6.09. The lowest BCUT2D eigenvalue weighted by Gasteiger charge is -2.09. The van der Waals surface area contributed by atoms with E-state index in [0.717, 1.165) is 0 Å². The van der Waals surface area contributed by atoms with E-state index in [1.165, 1.54) is 0 Å². The molecule has 1 aliphatic heterocycles. The van der Waals surface area contributed by atoms with Crippen LogP contribution in [0.2, 0.25) is 0 Å². The van der Waals surface area contributed by atoms with Crippen LogP contribution in [0.1, 0.15) is 13.8 Å². The lowest BCUT2D eigenvalue weighted by Crippen LogP contribution is -2.22. The summed E-state index contributed by atoms with van der Waals surface area (Å²) in [7, 11) is 0. The molecule has 0 spiro atoms. The third kappa shape index (κ3) is 2.93. The summed E-state index contributed by atoms with van der Waals surface area (Å²) in [4.78, 5) is 21.4. The van der Waals surface area contributed by atoms with E-state index in [1.54, 1.807) is 13.8 Å². The van der Waals surface area contributed by atoms with Gasteiger partial charge >= 0.3 is 12.1 Å². The first-order valence-electron chi connectivity index (χ1n) is 4.09. The number of ether oxygens (including phenoxy) is 3. The quantitative estimate of drug-likeness (QED) is 0.611. The predicted molar refractivity (Wildman–Crippen MR) is 42.0 cm³/mol. The number of hydrogen-bond donors (Lipinski definition) is 0. The molecule has 1 saturated heterocycles. The Morgan fingerprint density at radius 2 is 2.38 bits per heavy atom. The molecule has 0 saturated carbocycles. The molecule has 74 valence electrons. The Labute approximate surface area is 76.0 Å². The Hall–Kier alpha value is -1.26. The summed E-state index contributed by atoms with van der Waals surface area (Å²) in [6.45, 7) is 3.70. The maximum Gasteiger partial charge on any atom is 0.508 e. The number of rotatable bonds is 3. The molecule has 1 rings (SSSR count). The summed E-state index contributed by atoms with van der Waals surface area (Å²) in [5.74, 6) is -0.471. The molecule has 0 aromatic carbocycles. The van der Waals surface area contributed by atoms with Crippen LogP contribution in [0.25, 0.3) is 0 Å². The fourth-order valence-electron chi connectivity index (χ4n) is 0.789. The number of esters is 1. The van der Waals surface area contributed by atoms with Crippen molar-refractivity contribution in [3.8, 4) is 0 Å².